The Balaban J connectivity index is 1.53. The van der Waals surface area contributed by atoms with Gasteiger partial charge < -0.3 is 14.1 Å². The van der Waals surface area contributed by atoms with E-state index in [0.29, 0.717) is 18.9 Å². The fraction of sp³-hybridized carbons (Fsp3) is 0.389. The number of ether oxygens (including phenoxy) is 1. The summed E-state index contributed by atoms with van der Waals surface area (Å²) in [6, 6.07) is 4.42. The molecule has 0 radical (unpaired) electrons. The molecule has 3 aromatic rings. The van der Waals surface area contributed by atoms with E-state index in [4.69, 9.17) is 9.15 Å². The van der Waals surface area contributed by atoms with Crippen molar-refractivity contribution in [1.29, 1.82) is 0 Å². The van der Waals surface area contributed by atoms with Gasteiger partial charge in [0.05, 0.1) is 11.4 Å². The molecule has 9 nitrogen and oxygen atoms in total. The van der Waals surface area contributed by atoms with Crippen LogP contribution in [0.4, 0.5) is 13.2 Å². The molecule has 0 N–H and O–H groups in total. The highest BCUT2D eigenvalue weighted by Crippen LogP contribution is 2.27. The third-order valence-electron chi connectivity index (χ3n) is 3.95. The quantitative estimate of drug-likeness (QED) is 0.455. The Morgan fingerprint density at radius 3 is 2.74 bits per heavy atom. The SMILES string of the molecule is CCCN(Cc1nnc(-c2cccs2)o1)C(=O)COC(=O)Cn1ccc(C(F)(F)F)n1. The van der Waals surface area contributed by atoms with E-state index in [1.54, 1.807) is 0 Å². The Morgan fingerprint density at radius 2 is 2.10 bits per heavy atom. The smallest absolute Gasteiger partial charge is 0.435 e. The first-order valence-electron chi connectivity index (χ1n) is 9.16. The van der Waals surface area contributed by atoms with Crippen molar-refractivity contribution < 1.29 is 31.9 Å². The zero-order valence-corrected chi connectivity index (χ0v) is 17.1. The molecule has 0 bridgehead atoms. The molecule has 0 aromatic carbocycles. The molecule has 3 aromatic heterocycles. The van der Waals surface area contributed by atoms with Gasteiger partial charge in [0.1, 0.15) is 6.54 Å². The van der Waals surface area contributed by atoms with Crippen molar-refractivity contribution in [2.45, 2.75) is 32.6 Å². The summed E-state index contributed by atoms with van der Waals surface area (Å²) in [4.78, 5) is 26.5. The van der Waals surface area contributed by atoms with Crippen LogP contribution in [0, 0.1) is 0 Å². The Labute approximate surface area is 178 Å². The highest BCUT2D eigenvalue weighted by Gasteiger charge is 2.33. The van der Waals surface area contributed by atoms with Crippen LogP contribution < -0.4 is 0 Å². The van der Waals surface area contributed by atoms with Crippen LogP contribution in [0.2, 0.25) is 0 Å². The lowest BCUT2D eigenvalue weighted by Crippen LogP contribution is -2.35. The Hall–Kier alpha value is -3.22. The molecule has 0 saturated carbocycles. The summed E-state index contributed by atoms with van der Waals surface area (Å²) in [6.07, 6.45) is -2.96. The van der Waals surface area contributed by atoms with Gasteiger partial charge in [-0.3, -0.25) is 14.3 Å². The molecule has 3 rings (SSSR count). The molecule has 0 atom stereocenters. The van der Waals surface area contributed by atoms with Gasteiger partial charge in [-0.05, 0) is 23.9 Å². The maximum absolute atomic E-state index is 12.6. The first kappa shape index (κ1) is 22.5. The summed E-state index contributed by atoms with van der Waals surface area (Å²) in [7, 11) is 0. The van der Waals surface area contributed by atoms with Gasteiger partial charge in [0.25, 0.3) is 11.8 Å². The maximum Gasteiger partial charge on any atom is 0.435 e. The number of carbonyl (C=O) groups is 2. The number of alkyl halides is 3. The average molecular weight is 457 g/mol. The zero-order valence-electron chi connectivity index (χ0n) is 16.3. The van der Waals surface area contributed by atoms with E-state index in [0.717, 1.165) is 21.8 Å². The van der Waals surface area contributed by atoms with Gasteiger partial charge in [-0.25, -0.2) is 0 Å². The van der Waals surface area contributed by atoms with Crippen molar-refractivity contribution in [3.05, 3.63) is 41.4 Å². The molecule has 0 aliphatic carbocycles. The van der Waals surface area contributed by atoms with Crippen molar-refractivity contribution >= 4 is 23.2 Å². The molecular formula is C18H18F3N5O4S. The van der Waals surface area contributed by atoms with Crippen LogP contribution >= 0.6 is 11.3 Å². The van der Waals surface area contributed by atoms with Crippen LogP contribution in [0.1, 0.15) is 24.9 Å². The van der Waals surface area contributed by atoms with E-state index in [1.807, 2.05) is 24.4 Å². The largest absolute Gasteiger partial charge is 0.454 e. The van der Waals surface area contributed by atoms with Gasteiger partial charge >= 0.3 is 12.1 Å². The summed E-state index contributed by atoms with van der Waals surface area (Å²) in [6.45, 7) is 1.15. The predicted molar refractivity (Wildman–Crippen MR) is 102 cm³/mol. The second-order valence-electron chi connectivity index (χ2n) is 6.35. The lowest BCUT2D eigenvalue weighted by Gasteiger charge is -2.20. The molecule has 0 fully saturated rings. The van der Waals surface area contributed by atoms with E-state index in [9.17, 15) is 22.8 Å². The standard InChI is InChI=1S/C18H18F3N5O4S/c1-2-6-25(9-14-22-23-17(30-14)12-4-3-8-31-12)15(27)11-29-16(28)10-26-7-5-13(24-26)18(19,20)21/h3-5,7-8H,2,6,9-11H2,1H3. The topological polar surface area (TPSA) is 103 Å². The second kappa shape index (κ2) is 9.73. The van der Waals surface area contributed by atoms with Crippen LogP contribution in [0.25, 0.3) is 10.8 Å². The fourth-order valence-electron chi connectivity index (χ4n) is 2.55. The molecule has 166 valence electrons. The zero-order chi connectivity index (χ0) is 22.4. The molecule has 3 heterocycles. The van der Waals surface area contributed by atoms with Crippen molar-refractivity contribution in [2.24, 2.45) is 0 Å². The van der Waals surface area contributed by atoms with Crippen LogP contribution in [-0.2, 0) is 33.6 Å². The van der Waals surface area contributed by atoms with E-state index >= 15 is 0 Å². The first-order valence-corrected chi connectivity index (χ1v) is 10.0. The molecule has 0 unspecified atom stereocenters. The van der Waals surface area contributed by atoms with Gasteiger partial charge in [0.2, 0.25) is 5.89 Å². The molecular weight excluding hydrogens is 439 g/mol. The van der Waals surface area contributed by atoms with Crippen LogP contribution in [-0.4, -0.2) is 49.9 Å². The molecule has 1 amide bonds. The summed E-state index contributed by atoms with van der Waals surface area (Å²) in [5, 5.41) is 13.0. The normalized spacial score (nSPS) is 11.5. The number of carbonyl (C=O) groups excluding carboxylic acids is 2. The van der Waals surface area contributed by atoms with Gasteiger partial charge in [-0.1, -0.05) is 13.0 Å². The Morgan fingerprint density at radius 1 is 1.29 bits per heavy atom. The van der Waals surface area contributed by atoms with Gasteiger partial charge in [-0.2, -0.15) is 18.3 Å². The van der Waals surface area contributed by atoms with Crippen LogP contribution in [0.3, 0.4) is 0 Å². The van der Waals surface area contributed by atoms with E-state index in [1.165, 1.54) is 16.2 Å². The number of hydrogen-bond acceptors (Lipinski definition) is 8. The Kier molecular flexibility index (Phi) is 7.05. The minimum atomic E-state index is -4.61. The molecule has 0 aliphatic heterocycles. The third-order valence-corrected chi connectivity index (χ3v) is 4.81. The highest BCUT2D eigenvalue weighted by atomic mass is 32.1. The van der Waals surface area contributed by atoms with Crippen molar-refractivity contribution in [1.82, 2.24) is 24.9 Å². The molecule has 0 aliphatic rings. The monoisotopic (exact) mass is 457 g/mol. The van der Waals surface area contributed by atoms with Crippen LogP contribution in [0.5, 0.6) is 0 Å². The number of hydrogen-bond donors (Lipinski definition) is 0. The predicted octanol–water partition coefficient (Wildman–Crippen LogP) is 3.00. The second-order valence-corrected chi connectivity index (χ2v) is 7.30. The number of aromatic nitrogens is 4. The fourth-order valence-corrected chi connectivity index (χ4v) is 3.20. The summed E-state index contributed by atoms with van der Waals surface area (Å²) < 4.78 is 48.9. The summed E-state index contributed by atoms with van der Waals surface area (Å²) in [5.41, 5.74) is -1.12. The van der Waals surface area contributed by atoms with E-state index in [2.05, 4.69) is 15.3 Å². The average Bonchev–Trinajstić information content (AvgIpc) is 3.46. The first-order chi connectivity index (χ1) is 14.8. The van der Waals surface area contributed by atoms with Gasteiger partial charge in [-0.15, -0.1) is 21.5 Å². The number of thiophene rings is 1. The number of halogens is 3. The van der Waals surface area contributed by atoms with Crippen molar-refractivity contribution in [3.63, 3.8) is 0 Å². The lowest BCUT2D eigenvalue weighted by molar-refractivity contribution is -0.153. The summed E-state index contributed by atoms with van der Waals surface area (Å²) in [5.74, 6) is -0.813. The van der Waals surface area contributed by atoms with Gasteiger partial charge in [0.15, 0.2) is 12.3 Å². The number of amides is 1. The molecule has 0 saturated heterocycles. The van der Waals surface area contributed by atoms with E-state index < -0.39 is 36.9 Å². The third kappa shape index (κ3) is 6.13. The van der Waals surface area contributed by atoms with Crippen LogP contribution in [0.15, 0.2) is 34.2 Å². The number of esters is 1. The molecule has 31 heavy (non-hydrogen) atoms. The van der Waals surface area contributed by atoms with Crippen molar-refractivity contribution in [3.8, 4) is 10.8 Å². The summed E-state index contributed by atoms with van der Waals surface area (Å²) >= 11 is 1.44. The minimum absolute atomic E-state index is 0.0384. The molecule has 13 heteroatoms. The maximum atomic E-state index is 12.6. The van der Waals surface area contributed by atoms with Gasteiger partial charge in [0, 0.05) is 12.7 Å². The van der Waals surface area contributed by atoms with Crippen molar-refractivity contribution in [2.75, 3.05) is 13.2 Å². The lowest BCUT2D eigenvalue weighted by atomic mass is 10.4. The highest BCUT2D eigenvalue weighted by molar-refractivity contribution is 7.13. The number of rotatable bonds is 9. The number of nitrogens with zero attached hydrogens (tertiary/aromatic N) is 5. The van der Waals surface area contributed by atoms with E-state index in [-0.39, 0.29) is 12.4 Å². The minimum Gasteiger partial charge on any atom is -0.454 e. The Bertz CT molecular complexity index is 1020. The molecule has 0 spiro atoms.